The highest BCUT2D eigenvalue weighted by atomic mass is 19.1. The van der Waals surface area contributed by atoms with Gasteiger partial charge in [0, 0.05) is 6.20 Å². The molecule has 0 bridgehead atoms. The molecule has 0 fully saturated rings. The van der Waals surface area contributed by atoms with Crippen molar-refractivity contribution in [1.29, 1.82) is 0 Å². The van der Waals surface area contributed by atoms with Gasteiger partial charge in [0.05, 0.1) is 30.7 Å². The van der Waals surface area contributed by atoms with Crippen LogP contribution in [0.3, 0.4) is 0 Å². The first kappa shape index (κ1) is 23.5. The summed E-state index contributed by atoms with van der Waals surface area (Å²) in [4.78, 5) is 33.2. The summed E-state index contributed by atoms with van der Waals surface area (Å²) >= 11 is 0. The molecule has 2 aromatic carbocycles. The van der Waals surface area contributed by atoms with Crippen LogP contribution in [-0.4, -0.2) is 24.6 Å². The number of hydrogen-bond acceptors (Lipinski definition) is 6. The summed E-state index contributed by atoms with van der Waals surface area (Å²) in [5.74, 6) is 0.526. The number of methoxy groups -OCH3 is 1. The molecule has 1 aliphatic heterocycles. The molecule has 2 aromatic heterocycles. The molecule has 0 radical (unpaired) electrons. The monoisotopic (exact) mass is 488 g/mol. The van der Waals surface area contributed by atoms with E-state index >= 15 is 0 Å². The molecule has 8 heteroatoms. The number of benzene rings is 2. The number of anilines is 1. The Balaban J connectivity index is 1.74. The lowest BCUT2D eigenvalue weighted by Gasteiger charge is -2.25. The van der Waals surface area contributed by atoms with Crippen molar-refractivity contribution in [3.05, 3.63) is 93.2 Å². The summed E-state index contributed by atoms with van der Waals surface area (Å²) in [6.07, 6.45) is 1.60. The van der Waals surface area contributed by atoms with Crippen LogP contribution in [0.2, 0.25) is 0 Å². The third kappa shape index (κ3) is 3.98. The maximum Gasteiger partial charge on any atom is 0.296 e. The lowest BCUT2D eigenvalue weighted by molar-refractivity contribution is 0.0970. The molecule has 1 unspecified atom stereocenters. The number of ether oxygens (including phenoxy) is 2. The number of rotatable bonds is 6. The number of fused-ring (bicyclic) bond motifs is 2. The molecule has 1 amide bonds. The van der Waals surface area contributed by atoms with Crippen LogP contribution < -0.4 is 19.8 Å². The molecule has 0 saturated carbocycles. The van der Waals surface area contributed by atoms with E-state index < -0.39 is 23.2 Å². The maximum atomic E-state index is 14.0. The van der Waals surface area contributed by atoms with Crippen LogP contribution in [0, 0.1) is 18.7 Å². The SMILES string of the molecule is COc1cc(C2c3c(oc4ccc(F)cc4c3=O)C(=O)N2c2cc(C)ccn2)ccc1OCC(C)C. The van der Waals surface area contributed by atoms with E-state index in [2.05, 4.69) is 4.98 Å². The Kier molecular flexibility index (Phi) is 5.96. The number of aryl methyl sites for hydroxylation is 1. The number of halogens is 1. The number of hydrogen-bond donors (Lipinski definition) is 0. The number of carbonyl (C=O) groups is 1. The Morgan fingerprint density at radius 2 is 1.89 bits per heavy atom. The van der Waals surface area contributed by atoms with Gasteiger partial charge < -0.3 is 13.9 Å². The van der Waals surface area contributed by atoms with E-state index in [9.17, 15) is 14.0 Å². The zero-order valence-corrected chi connectivity index (χ0v) is 20.4. The van der Waals surface area contributed by atoms with Crippen LogP contribution in [0.15, 0.2) is 63.9 Å². The number of aromatic nitrogens is 1. The smallest absolute Gasteiger partial charge is 0.296 e. The zero-order chi connectivity index (χ0) is 25.6. The highest BCUT2D eigenvalue weighted by molar-refractivity contribution is 6.10. The summed E-state index contributed by atoms with van der Waals surface area (Å²) in [5, 5.41) is 0.0643. The fourth-order valence-electron chi connectivity index (χ4n) is 4.38. The molecule has 1 atom stereocenters. The van der Waals surface area contributed by atoms with Crippen LogP contribution in [0.25, 0.3) is 11.0 Å². The molecule has 4 aromatic rings. The van der Waals surface area contributed by atoms with Crippen LogP contribution in [0.4, 0.5) is 10.2 Å². The zero-order valence-electron chi connectivity index (χ0n) is 20.4. The van der Waals surface area contributed by atoms with E-state index in [0.717, 1.165) is 11.6 Å². The van der Waals surface area contributed by atoms with Gasteiger partial charge >= 0.3 is 0 Å². The van der Waals surface area contributed by atoms with Crippen molar-refractivity contribution in [2.24, 2.45) is 5.92 Å². The number of pyridine rings is 1. The maximum absolute atomic E-state index is 14.0. The van der Waals surface area contributed by atoms with Crippen molar-refractivity contribution < 1.29 is 23.1 Å². The molecule has 0 saturated heterocycles. The molecule has 3 heterocycles. The lowest BCUT2D eigenvalue weighted by atomic mass is 9.98. The minimum atomic E-state index is -0.862. The van der Waals surface area contributed by atoms with Gasteiger partial charge in [0.2, 0.25) is 5.76 Å². The highest BCUT2D eigenvalue weighted by Gasteiger charge is 2.44. The number of amides is 1. The minimum Gasteiger partial charge on any atom is -0.493 e. The van der Waals surface area contributed by atoms with Gasteiger partial charge in [0.1, 0.15) is 17.2 Å². The van der Waals surface area contributed by atoms with E-state index in [1.807, 2.05) is 26.8 Å². The van der Waals surface area contributed by atoms with E-state index in [1.54, 1.807) is 30.5 Å². The summed E-state index contributed by atoms with van der Waals surface area (Å²) in [5.41, 5.74) is 1.28. The molecular formula is C28H25FN2O5. The van der Waals surface area contributed by atoms with Crippen LogP contribution in [0.1, 0.15) is 47.1 Å². The first-order valence-electron chi connectivity index (χ1n) is 11.6. The van der Waals surface area contributed by atoms with E-state index in [0.29, 0.717) is 35.4 Å². The van der Waals surface area contributed by atoms with Gasteiger partial charge in [-0.3, -0.25) is 14.5 Å². The predicted octanol–water partition coefficient (Wildman–Crippen LogP) is 5.43. The molecule has 184 valence electrons. The average molecular weight is 489 g/mol. The van der Waals surface area contributed by atoms with Crippen LogP contribution >= 0.6 is 0 Å². The fraction of sp³-hybridized carbons (Fsp3) is 0.250. The Morgan fingerprint density at radius 3 is 2.61 bits per heavy atom. The molecule has 0 aliphatic carbocycles. The fourth-order valence-corrected chi connectivity index (χ4v) is 4.38. The molecule has 0 spiro atoms. The molecular weight excluding hydrogens is 463 g/mol. The minimum absolute atomic E-state index is 0.0643. The van der Waals surface area contributed by atoms with Gasteiger partial charge in [0.15, 0.2) is 16.9 Å². The first-order valence-corrected chi connectivity index (χ1v) is 11.6. The van der Waals surface area contributed by atoms with Crippen molar-refractivity contribution in [2.45, 2.75) is 26.8 Å². The molecule has 5 rings (SSSR count). The Labute approximate surface area is 207 Å². The van der Waals surface area contributed by atoms with Crippen LogP contribution in [0.5, 0.6) is 11.5 Å². The lowest BCUT2D eigenvalue weighted by Crippen LogP contribution is -2.30. The van der Waals surface area contributed by atoms with Crippen LogP contribution in [-0.2, 0) is 0 Å². The first-order chi connectivity index (χ1) is 17.3. The van der Waals surface area contributed by atoms with Gasteiger partial charge in [-0.15, -0.1) is 0 Å². The van der Waals surface area contributed by atoms with Crippen molar-refractivity contribution in [3.63, 3.8) is 0 Å². The summed E-state index contributed by atoms with van der Waals surface area (Å²) in [6, 6.07) is 11.7. The van der Waals surface area contributed by atoms with Crippen molar-refractivity contribution >= 4 is 22.7 Å². The molecule has 1 aliphatic rings. The molecule has 36 heavy (non-hydrogen) atoms. The van der Waals surface area contributed by atoms with E-state index in [4.69, 9.17) is 13.9 Å². The average Bonchev–Trinajstić information content (AvgIpc) is 3.15. The second-order valence-corrected chi connectivity index (χ2v) is 9.20. The largest absolute Gasteiger partial charge is 0.493 e. The Bertz CT molecular complexity index is 1550. The van der Waals surface area contributed by atoms with E-state index in [-0.39, 0.29) is 22.3 Å². The van der Waals surface area contributed by atoms with Crippen molar-refractivity contribution in [1.82, 2.24) is 4.98 Å². The summed E-state index contributed by atoms with van der Waals surface area (Å²) in [7, 11) is 1.53. The van der Waals surface area contributed by atoms with E-state index in [1.165, 1.54) is 24.1 Å². The van der Waals surface area contributed by atoms with Crippen molar-refractivity contribution in [3.8, 4) is 11.5 Å². The second-order valence-electron chi connectivity index (χ2n) is 9.20. The van der Waals surface area contributed by atoms with Gasteiger partial charge in [0.25, 0.3) is 5.91 Å². The Morgan fingerprint density at radius 1 is 1.08 bits per heavy atom. The van der Waals surface area contributed by atoms with Gasteiger partial charge in [-0.2, -0.15) is 0 Å². The predicted molar refractivity (Wildman–Crippen MR) is 133 cm³/mol. The summed E-state index contributed by atoms with van der Waals surface area (Å²) < 4.78 is 31.4. The van der Waals surface area contributed by atoms with Crippen molar-refractivity contribution in [2.75, 3.05) is 18.6 Å². The molecule has 0 N–H and O–H groups in total. The van der Waals surface area contributed by atoms with Gasteiger partial charge in [-0.25, -0.2) is 9.37 Å². The standard InChI is InChI=1S/C28H25FN2O5/c1-15(2)14-35-21-7-5-17(12-22(21)34-4)25-24-26(32)19-13-18(29)6-8-20(19)36-27(24)28(33)31(25)23-11-16(3)9-10-30-23/h5-13,15,25H,14H2,1-4H3. The Hall–Kier alpha value is -4.20. The quantitative estimate of drug-likeness (QED) is 0.360. The summed E-state index contributed by atoms with van der Waals surface area (Å²) in [6.45, 7) is 6.47. The van der Waals surface area contributed by atoms with Gasteiger partial charge in [-0.05, 0) is 66.4 Å². The topological polar surface area (TPSA) is 81.9 Å². The second kappa shape index (κ2) is 9.11. The highest BCUT2D eigenvalue weighted by Crippen LogP contribution is 2.43. The third-order valence-corrected chi connectivity index (χ3v) is 6.06. The normalized spacial score (nSPS) is 15.0. The van der Waals surface area contributed by atoms with Gasteiger partial charge in [-0.1, -0.05) is 19.9 Å². The third-order valence-electron chi connectivity index (χ3n) is 6.06. The number of nitrogens with zero attached hydrogens (tertiary/aromatic N) is 2. The number of carbonyl (C=O) groups excluding carboxylic acids is 1. The molecule has 7 nitrogen and oxygen atoms in total.